The van der Waals surface area contributed by atoms with Gasteiger partial charge in [-0.05, 0) is 38.7 Å². The van der Waals surface area contributed by atoms with Crippen LogP contribution in [0.25, 0.3) is 10.6 Å². The van der Waals surface area contributed by atoms with Gasteiger partial charge in [0, 0.05) is 29.7 Å². The second kappa shape index (κ2) is 17.0. The Bertz CT molecular complexity index is 1300. The Labute approximate surface area is 258 Å². The monoisotopic (exact) mass is 638 g/mol. The van der Waals surface area contributed by atoms with Gasteiger partial charge < -0.3 is 35.1 Å². The van der Waals surface area contributed by atoms with Crippen molar-refractivity contribution in [3.05, 3.63) is 39.5 Å². The number of rotatable bonds is 16. The number of aromatic nitrogens is 1. The number of unbranched alkanes of at least 4 members (excludes halogenated alkanes) is 4. The average molecular weight is 639 g/mol. The van der Waals surface area contributed by atoms with Gasteiger partial charge in [-0.2, -0.15) is 0 Å². The number of aromatic amines is 1. The van der Waals surface area contributed by atoms with E-state index in [1.807, 2.05) is 5.38 Å². The molecule has 3 aliphatic heterocycles. The van der Waals surface area contributed by atoms with E-state index in [9.17, 15) is 34.5 Å². The molecular formula is C30H42N2O9S2. The summed E-state index contributed by atoms with van der Waals surface area (Å²) in [6.07, 6.45) is 4.34. The first-order chi connectivity index (χ1) is 20.5. The van der Waals surface area contributed by atoms with Crippen molar-refractivity contribution in [1.82, 2.24) is 4.98 Å². The van der Waals surface area contributed by atoms with Crippen molar-refractivity contribution in [3.8, 4) is 10.6 Å². The van der Waals surface area contributed by atoms with Crippen LogP contribution in [0.3, 0.4) is 0 Å². The minimum atomic E-state index is -1.35. The largest absolute Gasteiger partial charge is 0.463 e. The van der Waals surface area contributed by atoms with E-state index in [1.165, 1.54) is 34.5 Å². The number of esters is 1. The van der Waals surface area contributed by atoms with Gasteiger partial charge in [0.05, 0.1) is 29.9 Å². The van der Waals surface area contributed by atoms with Gasteiger partial charge in [0.2, 0.25) is 5.91 Å². The summed E-state index contributed by atoms with van der Waals surface area (Å²) in [5.74, 6) is -1.41. The average Bonchev–Trinajstić information content (AvgIpc) is 3.53. The molecule has 13 heteroatoms. The molecule has 0 aliphatic carbocycles. The molecular weight excluding hydrogens is 596 g/mol. The molecule has 6 unspecified atom stereocenters. The fourth-order valence-corrected chi connectivity index (χ4v) is 6.89. The van der Waals surface area contributed by atoms with Crippen LogP contribution in [0, 0.1) is 11.8 Å². The number of fused-ring (bicyclic) bond motifs is 1. The molecule has 0 radical (unpaired) electrons. The van der Waals surface area contributed by atoms with E-state index in [-0.39, 0.29) is 42.0 Å². The maximum atomic E-state index is 12.2. The van der Waals surface area contributed by atoms with Crippen molar-refractivity contribution in [2.24, 2.45) is 11.8 Å². The molecule has 238 valence electrons. The van der Waals surface area contributed by atoms with Crippen molar-refractivity contribution < 1.29 is 39.2 Å². The zero-order valence-electron chi connectivity index (χ0n) is 24.7. The van der Waals surface area contributed by atoms with E-state index in [0.717, 1.165) is 35.9 Å². The number of aliphatic hydroxyl groups is 3. The molecule has 5 N–H and O–H groups in total. The molecule has 6 atom stereocenters. The molecule has 0 aromatic carbocycles. The Morgan fingerprint density at radius 1 is 1.16 bits per heavy atom. The molecule has 3 heterocycles. The summed E-state index contributed by atoms with van der Waals surface area (Å²) in [6, 6.07) is 0. The third-order valence-electron chi connectivity index (χ3n) is 7.60. The molecule has 0 aromatic rings. The predicted molar refractivity (Wildman–Crippen MR) is 165 cm³/mol. The number of carbonyl (C=O) groups excluding carboxylic acids is 3. The molecule has 11 nitrogen and oxygen atoms in total. The number of ether oxygens (including phenoxy) is 2. The Morgan fingerprint density at radius 2 is 1.88 bits per heavy atom. The molecule has 43 heavy (non-hydrogen) atoms. The maximum Gasteiger partial charge on any atom is 0.330 e. The highest BCUT2D eigenvalue weighted by atomic mass is 32.9. The molecule has 1 amide bonds. The number of amides is 1. The highest BCUT2D eigenvalue weighted by molar-refractivity contribution is 7.70. The van der Waals surface area contributed by atoms with Gasteiger partial charge in [0.25, 0.3) is 5.56 Å². The smallest absolute Gasteiger partial charge is 0.330 e. The lowest BCUT2D eigenvalue weighted by molar-refractivity contribution is -0.187. The first-order valence-corrected chi connectivity index (χ1v) is 16.8. The number of allylic oxidation sites excluding steroid dienone is 2. The standard InChI is InChI=1S/C30H42N2O9S2/c1-17(19(3)33)10-9-11-20-15-41-28(27(38)26(20)37)25(36)18(2)14-23(35)40-13-8-6-4-5-7-12-22(34)32-24-29-21(16-42-43-29)31-30(24)39/h9-10,14,16-17,20,25-28,36-38H,4-8,11-13,15H2,1-3H3,(H,31,39)(H,32,34). The second-order valence-corrected chi connectivity index (χ2v) is 13.1. The summed E-state index contributed by atoms with van der Waals surface area (Å²) >= 11 is 0. The summed E-state index contributed by atoms with van der Waals surface area (Å²) in [5, 5.41) is 36.3. The number of Topliss-reactive ketones (excluding diaryl/α,β-unsaturated/α-hetero) is 1. The highest BCUT2D eigenvalue weighted by Gasteiger charge is 2.41. The van der Waals surface area contributed by atoms with Crippen molar-refractivity contribution in [1.29, 1.82) is 0 Å². The van der Waals surface area contributed by atoms with Crippen LogP contribution in [-0.2, 0) is 23.9 Å². The van der Waals surface area contributed by atoms with E-state index in [4.69, 9.17) is 9.47 Å². The van der Waals surface area contributed by atoms with E-state index >= 15 is 0 Å². The number of carbonyl (C=O) groups is 3. The SMILES string of the molecule is CC(=O)C(C)C=CCC1COC(C(O)C(C)=CC(=O)OCCCCCCCC(=O)Nc2c3sscc-3[nH]c2=O)C(O)C1O. The molecule has 0 spiro atoms. The quantitative estimate of drug-likeness (QED) is 0.0604. The van der Waals surface area contributed by atoms with Gasteiger partial charge in [-0.1, -0.05) is 59.0 Å². The van der Waals surface area contributed by atoms with Gasteiger partial charge in [0.1, 0.15) is 29.8 Å². The first kappa shape index (κ1) is 34.8. The lowest BCUT2D eigenvalue weighted by Crippen LogP contribution is -2.54. The van der Waals surface area contributed by atoms with Crippen LogP contribution < -0.4 is 10.9 Å². The number of hydrogen-bond donors (Lipinski definition) is 5. The number of hydrogen-bond acceptors (Lipinski definition) is 11. The number of aliphatic hydroxyl groups excluding tert-OH is 3. The van der Waals surface area contributed by atoms with Gasteiger partial charge in [-0.3, -0.25) is 14.4 Å². The van der Waals surface area contributed by atoms with Gasteiger partial charge >= 0.3 is 5.97 Å². The predicted octanol–water partition coefficient (Wildman–Crippen LogP) is 3.64. The number of nitrogens with one attached hydrogen (secondary N) is 2. The van der Waals surface area contributed by atoms with Gasteiger partial charge in [0.15, 0.2) is 0 Å². The van der Waals surface area contributed by atoms with Crippen molar-refractivity contribution in [3.63, 3.8) is 0 Å². The summed E-state index contributed by atoms with van der Waals surface area (Å²) in [7, 11) is 2.94. The fraction of sp³-hybridized carbons (Fsp3) is 0.600. The third-order valence-corrected chi connectivity index (χ3v) is 9.70. The Morgan fingerprint density at radius 3 is 2.63 bits per heavy atom. The van der Waals surface area contributed by atoms with E-state index in [0.29, 0.717) is 31.4 Å². The molecule has 3 rings (SSSR count). The second-order valence-electron chi connectivity index (χ2n) is 11.0. The molecule has 0 saturated carbocycles. The summed E-state index contributed by atoms with van der Waals surface area (Å²) in [5.41, 5.74) is 1.02. The van der Waals surface area contributed by atoms with E-state index < -0.39 is 36.3 Å². The minimum absolute atomic E-state index is 0.0324. The third kappa shape index (κ3) is 10.2. The van der Waals surface area contributed by atoms with Crippen LogP contribution in [0.4, 0.5) is 5.69 Å². The topological polar surface area (TPSA) is 175 Å². The molecule has 3 aliphatic rings. The summed E-state index contributed by atoms with van der Waals surface area (Å²) in [6.45, 7) is 5.12. The molecule has 1 saturated heterocycles. The molecule has 0 aromatic heterocycles. The highest BCUT2D eigenvalue weighted by Crippen LogP contribution is 2.35. The Hall–Kier alpha value is -2.68. The minimum Gasteiger partial charge on any atom is -0.463 e. The van der Waals surface area contributed by atoms with Crippen LogP contribution in [-0.4, -0.2) is 75.6 Å². The van der Waals surface area contributed by atoms with Crippen molar-refractivity contribution in [2.45, 2.75) is 90.1 Å². The summed E-state index contributed by atoms with van der Waals surface area (Å²) < 4.78 is 10.9. The van der Waals surface area contributed by atoms with Crippen LogP contribution in [0.1, 0.15) is 65.7 Å². The maximum absolute atomic E-state index is 12.2. The molecule has 0 bridgehead atoms. The normalized spacial score (nSPS) is 22.5. The van der Waals surface area contributed by atoms with Crippen LogP contribution in [0.15, 0.2) is 34.0 Å². The number of H-pyrrole nitrogens is 1. The lowest BCUT2D eigenvalue weighted by atomic mass is 9.86. The first-order valence-electron chi connectivity index (χ1n) is 14.6. The Kier molecular flexibility index (Phi) is 13.7. The van der Waals surface area contributed by atoms with Crippen LogP contribution in [0.5, 0.6) is 0 Å². The number of ketones is 1. The van der Waals surface area contributed by atoms with Gasteiger partial charge in [-0.25, -0.2) is 4.79 Å². The zero-order valence-corrected chi connectivity index (χ0v) is 26.4. The van der Waals surface area contributed by atoms with Crippen LogP contribution >= 0.6 is 20.7 Å². The van der Waals surface area contributed by atoms with Gasteiger partial charge in [-0.15, -0.1) is 0 Å². The van der Waals surface area contributed by atoms with Crippen molar-refractivity contribution >= 4 is 44.0 Å². The Balaban J connectivity index is 1.29. The lowest BCUT2D eigenvalue weighted by Gasteiger charge is -2.39. The summed E-state index contributed by atoms with van der Waals surface area (Å²) in [4.78, 5) is 51.3. The fourth-order valence-electron chi connectivity index (χ4n) is 4.73. The zero-order chi connectivity index (χ0) is 31.5. The van der Waals surface area contributed by atoms with E-state index in [1.54, 1.807) is 19.1 Å². The van der Waals surface area contributed by atoms with Crippen molar-refractivity contribution in [2.75, 3.05) is 18.5 Å². The van der Waals surface area contributed by atoms with E-state index in [2.05, 4.69) is 10.3 Å². The van der Waals surface area contributed by atoms with Crippen LogP contribution in [0.2, 0.25) is 0 Å². The number of anilines is 1. The molecule has 1 fully saturated rings.